The first-order valence-electron chi connectivity index (χ1n) is 4.64. The molecule has 1 aromatic carbocycles. The van der Waals surface area contributed by atoms with E-state index in [4.69, 9.17) is 30.0 Å². The van der Waals surface area contributed by atoms with Crippen molar-refractivity contribution in [3.05, 3.63) is 23.3 Å². The van der Waals surface area contributed by atoms with Gasteiger partial charge in [-0.2, -0.15) is 0 Å². The maximum absolute atomic E-state index is 6.30. The summed E-state index contributed by atoms with van der Waals surface area (Å²) in [4.78, 5) is 4.28. The summed E-state index contributed by atoms with van der Waals surface area (Å²) in [6.45, 7) is 5.69. The Morgan fingerprint density at radius 2 is 1.62 bits per heavy atom. The minimum atomic E-state index is -4.56. The van der Waals surface area contributed by atoms with Gasteiger partial charge in [-0.05, 0) is 0 Å². The van der Waals surface area contributed by atoms with Gasteiger partial charge in [0.1, 0.15) is 0 Å². The summed E-state index contributed by atoms with van der Waals surface area (Å²) in [5, 5.41) is 0. The first kappa shape index (κ1) is 12.8. The van der Waals surface area contributed by atoms with Crippen LogP contribution in [0.25, 0.3) is 0 Å². The molecular formula is C10H11Cl3NOTe. The molecule has 1 aliphatic rings. The Labute approximate surface area is 107 Å². The molecule has 16 heavy (non-hydrogen) atoms. The van der Waals surface area contributed by atoms with Crippen LogP contribution < -0.4 is 3.61 Å². The fourth-order valence-electron chi connectivity index (χ4n) is 1.54. The Hall–Kier alpha value is 0.350. The molecular weight excluding hydrogens is 384 g/mol. The van der Waals surface area contributed by atoms with Crippen LogP contribution in [0.15, 0.2) is 17.1 Å². The molecule has 1 radical (unpaired) electrons. The standard InChI is InChI=1S/C10H11Cl3NOTe/c1-6-4-9-10(5-7(6)2)16(11,12,13)15-8(3)14-9/h4-5H,1-3H3. The van der Waals surface area contributed by atoms with Crippen LogP contribution in [0.1, 0.15) is 18.1 Å². The van der Waals surface area contributed by atoms with Gasteiger partial charge in [-0.3, -0.25) is 0 Å². The van der Waals surface area contributed by atoms with Crippen LogP contribution in [0.4, 0.5) is 5.69 Å². The van der Waals surface area contributed by atoms with E-state index in [1.54, 1.807) is 6.92 Å². The van der Waals surface area contributed by atoms with Crippen molar-refractivity contribution >= 4 is 55.9 Å². The SMILES string of the molecule is CC1=Nc2cc(C)c(C)cc2[Te](Cl)(Cl)(Cl)O1. The topological polar surface area (TPSA) is 21.6 Å². The molecule has 1 aliphatic heterocycles. The van der Waals surface area contributed by atoms with Crippen LogP contribution in [-0.2, 0) is 3.10 Å². The molecule has 1 heterocycles. The third kappa shape index (κ3) is 2.17. The van der Waals surface area contributed by atoms with E-state index < -0.39 is 13.9 Å². The normalized spacial score (nSPS) is 23.4. The molecule has 0 amide bonds. The number of rotatable bonds is 0. The van der Waals surface area contributed by atoms with Gasteiger partial charge in [0, 0.05) is 0 Å². The van der Waals surface area contributed by atoms with Gasteiger partial charge in [-0.1, -0.05) is 0 Å². The Morgan fingerprint density at radius 3 is 2.25 bits per heavy atom. The number of fused-ring (bicyclic) bond motifs is 1. The molecule has 0 aromatic heterocycles. The first-order chi connectivity index (χ1) is 7.17. The van der Waals surface area contributed by atoms with Gasteiger partial charge in [0.15, 0.2) is 0 Å². The molecule has 0 fully saturated rings. The number of hydrogen-bond acceptors (Lipinski definition) is 2. The fourth-order valence-corrected chi connectivity index (χ4v) is 9.60. The number of nitrogens with zero attached hydrogens (tertiary/aromatic N) is 1. The van der Waals surface area contributed by atoms with E-state index in [-0.39, 0.29) is 0 Å². The molecule has 0 bridgehead atoms. The summed E-state index contributed by atoms with van der Waals surface area (Å²) in [6, 6.07) is 3.82. The molecule has 0 N–H and O–H groups in total. The molecule has 2 nitrogen and oxygen atoms in total. The van der Waals surface area contributed by atoms with Gasteiger partial charge in [0.2, 0.25) is 0 Å². The monoisotopic (exact) mass is 396 g/mol. The molecule has 0 spiro atoms. The van der Waals surface area contributed by atoms with Crippen molar-refractivity contribution in [2.24, 2.45) is 4.99 Å². The van der Waals surface area contributed by atoms with Gasteiger partial charge in [0.25, 0.3) is 0 Å². The van der Waals surface area contributed by atoms with E-state index in [9.17, 15) is 0 Å². The zero-order valence-corrected chi connectivity index (χ0v) is 13.7. The van der Waals surface area contributed by atoms with Gasteiger partial charge in [-0.15, -0.1) is 0 Å². The zero-order chi connectivity index (χ0) is 12.2. The second-order valence-electron chi connectivity index (χ2n) is 3.80. The molecule has 0 atom stereocenters. The molecule has 1 aromatic rings. The van der Waals surface area contributed by atoms with E-state index >= 15 is 0 Å². The summed E-state index contributed by atoms with van der Waals surface area (Å²) in [5.74, 6) is 0.425. The van der Waals surface area contributed by atoms with Gasteiger partial charge < -0.3 is 0 Å². The first-order valence-corrected chi connectivity index (χ1v) is 15.6. The van der Waals surface area contributed by atoms with Crippen LogP contribution >= 0.6 is 26.9 Å². The minimum absolute atomic E-state index is 0.425. The molecule has 0 saturated heterocycles. The summed E-state index contributed by atoms with van der Waals surface area (Å²) in [6.07, 6.45) is 0. The molecule has 89 valence electrons. The van der Waals surface area contributed by atoms with Crippen molar-refractivity contribution in [2.75, 3.05) is 0 Å². The van der Waals surface area contributed by atoms with Crippen molar-refractivity contribution in [2.45, 2.75) is 20.8 Å². The van der Waals surface area contributed by atoms with E-state index in [0.717, 1.165) is 16.8 Å². The number of hydrogen-bond donors (Lipinski definition) is 0. The molecule has 0 aliphatic carbocycles. The van der Waals surface area contributed by atoms with E-state index in [2.05, 4.69) is 4.99 Å². The third-order valence-electron chi connectivity index (χ3n) is 2.45. The Morgan fingerprint density at radius 1 is 1.06 bits per heavy atom. The molecule has 0 saturated carbocycles. The molecule has 2 rings (SSSR count). The van der Waals surface area contributed by atoms with Crippen molar-refractivity contribution in [1.82, 2.24) is 0 Å². The Bertz CT molecular complexity index is 505. The van der Waals surface area contributed by atoms with Gasteiger partial charge in [-0.25, -0.2) is 0 Å². The number of aliphatic imine (C=N–C) groups is 1. The molecule has 0 unspecified atom stereocenters. The average molecular weight is 395 g/mol. The van der Waals surface area contributed by atoms with Gasteiger partial charge in [0.05, 0.1) is 0 Å². The quantitative estimate of drug-likeness (QED) is 0.615. The van der Waals surface area contributed by atoms with Crippen molar-refractivity contribution < 1.29 is 3.10 Å². The second-order valence-corrected chi connectivity index (χ2v) is 24.4. The number of aryl methyl sites for hydroxylation is 2. The van der Waals surface area contributed by atoms with Crippen molar-refractivity contribution in [3.63, 3.8) is 0 Å². The molecule has 6 heteroatoms. The fraction of sp³-hybridized carbons (Fsp3) is 0.300. The van der Waals surface area contributed by atoms with E-state index in [1.807, 2.05) is 26.0 Å². The zero-order valence-electron chi connectivity index (χ0n) is 9.05. The summed E-state index contributed by atoms with van der Waals surface area (Å²) >= 11 is -4.56. The van der Waals surface area contributed by atoms with E-state index in [0.29, 0.717) is 9.51 Å². The summed E-state index contributed by atoms with van der Waals surface area (Å²) < 4.78 is 6.07. The van der Waals surface area contributed by atoms with Crippen LogP contribution in [0.5, 0.6) is 0 Å². The Kier molecular flexibility index (Phi) is 2.93. The number of benzene rings is 1. The summed E-state index contributed by atoms with van der Waals surface area (Å²) in [7, 11) is 18.9. The van der Waals surface area contributed by atoms with Gasteiger partial charge >= 0.3 is 108 Å². The van der Waals surface area contributed by atoms with Crippen molar-refractivity contribution in [3.8, 4) is 0 Å². The third-order valence-corrected chi connectivity index (χ3v) is 11.4. The summed E-state index contributed by atoms with van der Waals surface area (Å²) in [5.41, 5.74) is 2.94. The van der Waals surface area contributed by atoms with E-state index in [1.165, 1.54) is 0 Å². The van der Waals surface area contributed by atoms with Crippen molar-refractivity contribution in [1.29, 1.82) is 0 Å². The Balaban J connectivity index is 2.78. The average Bonchev–Trinajstić information content (AvgIpc) is 2.06. The second kappa shape index (κ2) is 3.67. The predicted octanol–water partition coefficient (Wildman–Crippen LogP) is 3.70. The van der Waals surface area contributed by atoms with Crippen LogP contribution in [0.3, 0.4) is 0 Å². The van der Waals surface area contributed by atoms with Crippen LogP contribution in [0.2, 0.25) is 0 Å². The number of halogens is 3. The van der Waals surface area contributed by atoms with Crippen LogP contribution in [-0.4, -0.2) is 19.8 Å². The van der Waals surface area contributed by atoms with Crippen LogP contribution in [0, 0.1) is 13.8 Å². The predicted molar refractivity (Wildman–Crippen MR) is 72.7 cm³/mol. The maximum atomic E-state index is 6.30.